The molecule has 0 fully saturated rings. The summed E-state index contributed by atoms with van der Waals surface area (Å²) < 4.78 is 7.74. The molecule has 7 nitrogen and oxygen atoms in total. The Morgan fingerprint density at radius 1 is 0.886 bits per heavy atom. The molecular formula is C28H20N2O5. The van der Waals surface area contributed by atoms with Gasteiger partial charge < -0.3 is 4.74 Å². The molecule has 1 aliphatic carbocycles. The predicted molar refractivity (Wildman–Crippen MR) is 132 cm³/mol. The number of non-ortho nitro benzene ring substituents is 1. The van der Waals surface area contributed by atoms with E-state index in [0.29, 0.717) is 16.5 Å². The van der Waals surface area contributed by atoms with Gasteiger partial charge in [-0.05, 0) is 55.0 Å². The molecule has 3 aromatic carbocycles. The summed E-state index contributed by atoms with van der Waals surface area (Å²) in [6.07, 6.45) is 3.84. The van der Waals surface area contributed by atoms with Crippen molar-refractivity contribution in [2.24, 2.45) is 0 Å². The molecule has 0 atom stereocenters. The third-order valence-corrected chi connectivity index (χ3v) is 6.75. The lowest BCUT2D eigenvalue weighted by atomic mass is 9.95. The highest BCUT2D eigenvalue weighted by Crippen LogP contribution is 2.40. The van der Waals surface area contributed by atoms with Crippen molar-refractivity contribution < 1.29 is 14.5 Å². The Morgan fingerprint density at radius 2 is 1.60 bits per heavy atom. The molecule has 0 N–H and O–H groups in total. The summed E-state index contributed by atoms with van der Waals surface area (Å²) in [7, 11) is 0. The van der Waals surface area contributed by atoms with Crippen molar-refractivity contribution >= 4 is 27.9 Å². The Labute approximate surface area is 199 Å². The number of aromatic nitrogens is 1. The number of carbonyl (C=O) groups excluding carboxylic acids is 1. The average molecular weight is 464 g/mol. The molecule has 2 aromatic heterocycles. The number of hydrogen-bond acceptors (Lipinski definition) is 5. The molecule has 35 heavy (non-hydrogen) atoms. The molecule has 0 spiro atoms. The van der Waals surface area contributed by atoms with E-state index in [2.05, 4.69) is 0 Å². The number of rotatable bonds is 4. The zero-order chi connectivity index (χ0) is 24.1. The van der Waals surface area contributed by atoms with Gasteiger partial charge in [0.15, 0.2) is 5.75 Å². The van der Waals surface area contributed by atoms with Crippen LogP contribution in [0.1, 0.15) is 34.5 Å². The average Bonchev–Trinajstić information content (AvgIpc) is 3.23. The van der Waals surface area contributed by atoms with Crippen LogP contribution in [0.15, 0.2) is 77.6 Å². The number of carbonyl (C=O) groups is 1. The molecule has 0 unspecified atom stereocenters. The number of nitro groups is 1. The highest BCUT2D eigenvalue weighted by atomic mass is 16.6. The zero-order valence-corrected chi connectivity index (χ0v) is 18.7. The fourth-order valence-electron chi connectivity index (χ4n) is 5.18. The number of hydrogen-bond donors (Lipinski definition) is 0. The first-order valence-electron chi connectivity index (χ1n) is 11.5. The number of pyridine rings is 1. The molecule has 5 aromatic rings. The van der Waals surface area contributed by atoms with Gasteiger partial charge in [-0.1, -0.05) is 42.5 Å². The summed E-state index contributed by atoms with van der Waals surface area (Å²) in [6, 6.07) is 20.3. The second-order valence-electron chi connectivity index (χ2n) is 8.74. The van der Waals surface area contributed by atoms with Crippen LogP contribution in [0.25, 0.3) is 27.4 Å². The lowest BCUT2D eigenvalue weighted by Gasteiger charge is -2.15. The van der Waals surface area contributed by atoms with Gasteiger partial charge in [-0.3, -0.25) is 19.3 Å². The maximum Gasteiger partial charge on any atom is 0.343 e. The lowest BCUT2D eigenvalue weighted by molar-refractivity contribution is -0.384. The fourth-order valence-corrected chi connectivity index (χ4v) is 5.18. The first-order valence-corrected chi connectivity index (χ1v) is 11.5. The fraction of sp³-hybridized carbons (Fsp3) is 0.143. The van der Waals surface area contributed by atoms with Gasteiger partial charge in [0.05, 0.1) is 21.6 Å². The number of para-hydroxylation sites is 1. The Hall–Kier alpha value is -4.52. The van der Waals surface area contributed by atoms with E-state index < -0.39 is 10.9 Å². The summed E-state index contributed by atoms with van der Waals surface area (Å²) in [5.74, 6) is -0.476. The van der Waals surface area contributed by atoms with Crippen LogP contribution in [0, 0.1) is 10.1 Å². The van der Waals surface area contributed by atoms with Gasteiger partial charge in [0.25, 0.3) is 11.2 Å². The van der Waals surface area contributed by atoms with Crippen LogP contribution >= 0.6 is 0 Å². The second-order valence-corrected chi connectivity index (χ2v) is 8.74. The third kappa shape index (κ3) is 3.27. The molecule has 7 heteroatoms. The van der Waals surface area contributed by atoms with E-state index >= 15 is 0 Å². The van der Waals surface area contributed by atoms with Crippen LogP contribution < -0.4 is 10.3 Å². The minimum atomic E-state index is -0.682. The lowest BCUT2D eigenvalue weighted by Crippen LogP contribution is -2.21. The van der Waals surface area contributed by atoms with Crippen molar-refractivity contribution in [2.45, 2.75) is 25.7 Å². The van der Waals surface area contributed by atoms with E-state index in [-0.39, 0.29) is 22.6 Å². The zero-order valence-electron chi connectivity index (χ0n) is 18.7. The second kappa shape index (κ2) is 8.06. The van der Waals surface area contributed by atoms with E-state index in [1.54, 1.807) is 0 Å². The molecule has 0 saturated carbocycles. The molecule has 0 amide bonds. The van der Waals surface area contributed by atoms with Crippen LogP contribution in [-0.4, -0.2) is 15.3 Å². The van der Waals surface area contributed by atoms with Crippen molar-refractivity contribution in [3.63, 3.8) is 0 Å². The van der Waals surface area contributed by atoms with Crippen LogP contribution in [0.4, 0.5) is 5.69 Å². The molecule has 172 valence electrons. The monoisotopic (exact) mass is 464 g/mol. The van der Waals surface area contributed by atoms with Crippen LogP contribution in [-0.2, 0) is 12.8 Å². The van der Waals surface area contributed by atoms with E-state index in [9.17, 15) is 19.7 Å². The summed E-state index contributed by atoms with van der Waals surface area (Å²) >= 11 is 0. The standard InChI is InChI=1S/C28H20N2O5/c31-27-24(17-7-2-1-3-8-17)26(35-28(32)18-13-15-19(16-14-18)30(33)34)22-11-6-10-21-20-9-4-5-12-23(20)29(27)25(21)22/h1-3,6-8,10-11,13-16H,4-5,9,12H2. The highest BCUT2D eigenvalue weighted by molar-refractivity contribution is 6.06. The van der Waals surface area contributed by atoms with Crippen LogP contribution in [0.5, 0.6) is 5.75 Å². The summed E-state index contributed by atoms with van der Waals surface area (Å²) in [5.41, 5.74) is 3.82. The molecule has 6 rings (SSSR count). The van der Waals surface area contributed by atoms with E-state index in [4.69, 9.17) is 4.74 Å². The molecule has 0 bridgehead atoms. The van der Waals surface area contributed by atoms with Gasteiger partial charge in [0.1, 0.15) is 0 Å². The van der Waals surface area contributed by atoms with E-state index in [1.807, 2.05) is 52.9 Å². The van der Waals surface area contributed by atoms with Gasteiger partial charge in [0, 0.05) is 28.6 Å². The Kier molecular flexibility index (Phi) is 4.84. The highest BCUT2D eigenvalue weighted by Gasteiger charge is 2.28. The number of esters is 1. The molecule has 1 aliphatic rings. The van der Waals surface area contributed by atoms with Gasteiger partial charge in [-0.25, -0.2) is 4.79 Å². The first-order chi connectivity index (χ1) is 17.0. The molecular weight excluding hydrogens is 444 g/mol. The van der Waals surface area contributed by atoms with Crippen molar-refractivity contribution in [2.75, 3.05) is 0 Å². The topological polar surface area (TPSA) is 90.9 Å². The maximum atomic E-state index is 14.0. The third-order valence-electron chi connectivity index (χ3n) is 6.75. The largest absolute Gasteiger partial charge is 0.421 e. The number of nitrogens with zero attached hydrogens (tertiary/aromatic N) is 2. The molecule has 0 aliphatic heterocycles. The SMILES string of the molecule is O=C(Oc1c(-c2ccccc2)c(=O)n2c3c(c4cccc1c42)CCCC3)c1ccc([N+](=O)[O-])cc1. The van der Waals surface area contributed by atoms with Gasteiger partial charge in [-0.15, -0.1) is 0 Å². The van der Waals surface area contributed by atoms with Crippen molar-refractivity contribution in [1.82, 2.24) is 4.40 Å². The van der Waals surface area contributed by atoms with Crippen molar-refractivity contribution in [3.05, 3.63) is 110 Å². The number of nitro benzene ring substituents is 1. The Balaban J connectivity index is 1.61. The Bertz CT molecular complexity index is 1670. The summed E-state index contributed by atoms with van der Waals surface area (Å²) in [5, 5.41) is 12.7. The number of ether oxygens (including phenoxy) is 1. The smallest absolute Gasteiger partial charge is 0.343 e. The number of aryl methyl sites for hydroxylation is 2. The maximum absolute atomic E-state index is 14.0. The van der Waals surface area contributed by atoms with Gasteiger partial charge in [-0.2, -0.15) is 0 Å². The molecule has 2 heterocycles. The number of fused-ring (bicyclic) bond motifs is 3. The van der Waals surface area contributed by atoms with E-state index in [1.165, 1.54) is 29.8 Å². The van der Waals surface area contributed by atoms with Crippen molar-refractivity contribution in [1.29, 1.82) is 0 Å². The minimum Gasteiger partial charge on any atom is -0.421 e. The predicted octanol–water partition coefficient (Wildman–Crippen LogP) is 5.56. The normalized spacial score (nSPS) is 13.1. The minimum absolute atomic E-state index is 0.119. The molecule has 0 saturated heterocycles. The first kappa shape index (κ1) is 21.0. The summed E-state index contributed by atoms with van der Waals surface area (Å²) in [6.45, 7) is 0. The Morgan fingerprint density at radius 3 is 2.34 bits per heavy atom. The van der Waals surface area contributed by atoms with Crippen molar-refractivity contribution in [3.8, 4) is 16.9 Å². The quantitative estimate of drug-likeness (QED) is 0.197. The van der Waals surface area contributed by atoms with E-state index in [0.717, 1.165) is 42.3 Å². The van der Waals surface area contributed by atoms with Crippen LogP contribution in [0.3, 0.4) is 0 Å². The van der Waals surface area contributed by atoms with Gasteiger partial charge >= 0.3 is 5.97 Å². The molecule has 0 radical (unpaired) electrons. The number of benzene rings is 3. The van der Waals surface area contributed by atoms with Crippen LogP contribution in [0.2, 0.25) is 0 Å². The van der Waals surface area contributed by atoms with Gasteiger partial charge in [0.2, 0.25) is 0 Å². The summed E-state index contributed by atoms with van der Waals surface area (Å²) in [4.78, 5) is 37.6.